The lowest BCUT2D eigenvalue weighted by molar-refractivity contribution is 0.141. The van der Waals surface area contributed by atoms with Gasteiger partial charge in [0.2, 0.25) is 0 Å². The van der Waals surface area contributed by atoms with Gasteiger partial charge in [-0.3, -0.25) is 0 Å². The van der Waals surface area contributed by atoms with Crippen molar-refractivity contribution in [2.75, 3.05) is 6.54 Å². The lowest BCUT2D eigenvalue weighted by atomic mass is 9.94. The Kier molecular flexibility index (Phi) is 5.67. The smallest absolute Gasteiger partial charge is 0.283 e. The van der Waals surface area contributed by atoms with Crippen LogP contribution in [0.5, 0.6) is 0 Å². The molecule has 1 saturated heterocycles. The molecule has 5 nitrogen and oxygen atoms in total. The van der Waals surface area contributed by atoms with Crippen LogP contribution in [0.15, 0.2) is 63.9 Å². The van der Waals surface area contributed by atoms with E-state index in [1.54, 1.807) is 24.3 Å². The molecule has 2 aromatic rings. The van der Waals surface area contributed by atoms with Gasteiger partial charge in [-0.05, 0) is 44.9 Å². The van der Waals surface area contributed by atoms with Crippen molar-refractivity contribution in [2.45, 2.75) is 44.2 Å². The molecule has 27 heavy (non-hydrogen) atoms. The molecular weight excluding hydrogens is 360 g/mol. The summed E-state index contributed by atoms with van der Waals surface area (Å²) in [7, 11) is -3.84. The van der Waals surface area contributed by atoms with Crippen molar-refractivity contribution in [3.8, 4) is 0 Å². The number of likely N-dealkylation sites (tertiary alicyclic amines) is 1. The van der Waals surface area contributed by atoms with Gasteiger partial charge >= 0.3 is 0 Å². The van der Waals surface area contributed by atoms with Gasteiger partial charge < -0.3 is 10.0 Å². The van der Waals surface area contributed by atoms with Crippen molar-refractivity contribution in [3.05, 3.63) is 65.7 Å². The topological polar surface area (TPSA) is 70.0 Å². The summed E-state index contributed by atoms with van der Waals surface area (Å²) in [6.07, 6.45) is -0.127. The molecule has 0 spiro atoms. The second-order valence-electron chi connectivity index (χ2n) is 7.28. The highest BCUT2D eigenvalue weighted by molar-refractivity contribution is 7.90. The normalized spacial score (nSPS) is 20.4. The summed E-state index contributed by atoms with van der Waals surface area (Å²) in [5.41, 5.74) is 1.76. The van der Waals surface area contributed by atoms with Crippen molar-refractivity contribution in [1.82, 2.24) is 4.90 Å². The molecule has 0 bridgehead atoms. The second kappa shape index (κ2) is 7.82. The summed E-state index contributed by atoms with van der Waals surface area (Å²) >= 11 is 0. The number of sulfonamides is 1. The highest BCUT2D eigenvalue weighted by atomic mass is 32.2. The molecule has 1 N–H and O–H groups in total. The van der Waals surface area contributed by atoms with E-state index >= 15 is 0 Å². The Morgan fingerprint density at radius 1 is 1.07 bits per heavy atom. The first-order chi connectivity index (χ1) is 12.8. The maximum atomic E-state index is 12.9. The number of amidine groups is 1. The first kappa shape index (κ1) is 19.6. The molecule has 0 radical (unpaired) electrons. The molecule has 0 unspecified atom stereocenters. The Morgan fingerprint density at radius 2 is 1.70 bits per heavy atom. The van der Waals surface area contributed by atoms with Crippen molar-refractivity contribution in [1.29, 1.82) is 0 Å². The molecule has 0 aromatic heterocycles. The quantitative estimate of drug-likeness (QED) is 0.853. The Morgan fingerprint density at radius 3 is 2.30 bits per heavy atom. The van der Waals surface area contributed by atoms with Gasteiger partial charge in [-0.15, -0.1) is 4.40 Å². The molecule has 0 amide bonds. The van der Waals surface area contributed by atoms with Crippen LogP contribution in [0.4, 0.5) is 0 Å². The average Bonchev–Trinajstić information content (AvgIpc) is 3.05. The average molecular weight is 387 g/mol. The summed E-state index contributed by atoms with van der Waals surface area (Å²) < 4.78 is 29.9. The van der Waals surface area contributed by atoms with Gasteiger partial charge in [0.05, 0.1) is 11.0 Å². The molecular formula is C21H26N2O3S. The Labute approximate surface area is 161 Å². The second-order valence-corrected chi connectivity index (χ2v) is 8.88. The SMILES string of the molecule is Cc1ccc(S(=O)(=O)/N=C2/[C@@H]([C@@H](O)c3ccccc3)CCN2C(C)C)cc1. The van der Waals surface area contributed by atoms with E-state index in [1.807, 2.05) is 56.0 Å². The van der Waals surface area contributed by atoms with Crippen LogP contribution in [0, 0.1) is 12.8 Å². The largest absolute Gasteiger partial charge is 0.388 e. The fraction of sp³-hybridized carbons (Fsp3) is 0.381. The minimum absolute atomic E-state index is 0.102. The lowest BCUT2D eigenvalue weighted by Crippen LogP contribution is -2.36. The highest BCUT2D eigenvalue weighted by Gasteiger charge is 2.38. The first-order valence-corrected chi connectivity index (χ1v) is 10.6. The molecule has 1 aliphatic heterocycles. The third kappa shape index (κ3) is 4.22. The van der Waals surface area contributed by atoms with Crippen molar-refractivity contribution in [2.24, 2.45) is 10.3 Å². The van der Waals surface area contributed by atoms with Crippen molar-refractivity contribution in [3.63, 3.8) is 0 Å². The summed E-state index contributed by atoms with van der Waals surface area (Å²) in [5, 5.41) is 10.9. The molecule has 3 rings (SSSR count). The van der Waals surface area contributed by atoms with Crippen molar-refractivity contribution >= 4 is 15.9 Å². The molecule has 1 heterocycles. The summed E-state index contributed by atoms with van der Waals surface area (Å²) in [5.74, 6) is 0.0944. The van der Waals surface area contributed by atoms with E-state index in [1.165, 1.54) is 0 Å². The predicted molar refractivity (Wildman–Crippen MR) is 107 cm³/mol. The van der Waals surface area contributed by atoms with Crippen LogP contribution >= 0.6 is 0 Å². The van der Waals surface area contributed by atoms with Gasteiger partial charge in [-0.1, -0.05) is 48.0 Å². The zero-order valence-corrected chi connectivity index (χ0v) is 16.7. The maximum Gasteiger partial charge on any atom is 0.283 e. The van der Waals surface area contributed by atoms with E-state index in [2.05, 4.69) is 4.40 Å². The van der Waals surface area contributed by atoms with E-state index in [0.29, 0.717) is 18.8 Å². The number of nitrogens with zero attached hydrogens (tertiary/aromatic N) is 2. The molecule has 2 aromatic carbocycles. The fourth-order valence-corrected chi connectivity index (χ4v) is 4.52. The molecule has 0 saturated carbocycles. The molecule has 0 aliphatic carbocycles. The molecule has 2 atom stereocenters. The van der Waals surface area contributed by atoms with E-state index < -0.39 is 16.1 Å². The van der Waals surface area contributed by atoms with Gasteiger partial charge in [-0.25, -0.2) is 0 Å². The molecule has 1 aliphatic rings. The molecule has 144 valence electrons. The van der Waals surface area contributed by atoms with E-state index in [9.17, 15) is 13.5 Å². The van der Waals surface area contributed by atoms with Crippen LogP contribution in [0.3, 0.4) is 0 Å². The highest BCUT2D eigenvalue weighted by Crippen LogP contribution is 2.34. The van der Waals surface area contributed by atoms with Crippen LogP contribution in [0.25, 0.3) is 0 Å². The maximum absolute atomic E-state index is 12.9. The summed E-state index contributed by atoms with van der Waals surface area (Å²) in [6, 6.07) is 16.1. The van der Waals surface area contributed by atoms with Gasteiger partial charge in [-0.2, -0.15) is 8.42 Å². The van der Waals surface area contributed by atoms with Gasteiger partial charge in [0, 0.05) is 18.5 Å². The third-order valence-electron chi connectivity index (χ3n) is 4.99. The number of aliphatic hydroxyl groups excluding tert-OH is 1. The van der Waals surface area contributed by atoms with Gasteiger partial charge in [0.25, 0.3) is 10.0 Å². The van der Waals surface area contributed by atoms with E-state index in [4.69, 9.17) is 0 Å². The number of hydrogen-bond donors (Lipinski definition) is 1. The summed E-state index contributed by atoms with van der Waals surface area (Å²) in [4.78, 5) is 2.15. The third-order valence-corrected chi connectivity index (χ3v) is 6.28. The number of benzene rings is 2. The Balaban J connectivity index is 2.01. The van der Waals surface area contributed by atoms with Crippen LogP contribution in [0.1, 0.15) is 37.5 Å². The molecule has 1 fully saturated rings. The first-order valence-electron chi connectivity index (χ1n) is 9.21. The fourth-order valence-electron chi connectivity index (χ4n) is 3.45. The zero-order valence-electron chi connectivity index (χ0n) is 15.9. The predicted octanol–water partition coefficient (Wildman–Crippen LogP) is 3.55. The zero-order chi connectivity index (χ0) is 19.6. The number of aryl methyl sites for hydroxylation is 1. The van der Waals surface area contributed by atoms with Crippen LogP contribution in [-0.2, 0) is 10.0 Å². The number of aliphatic hydroxyl groups is 1. The molecule has 6 heteroatoms. The number of rotatable bonds is 5. The minimum atomic E-state index is -3.84. The van der Waals surface area contributed by atoms with Crippen LogP contribution < -0.4 is 0 Å². The van der Waals surface area contributed by atoms with Gasteiger partial charge in [0.15, 0.2) is 0 Å². The summed E-state index contributed by atoms with van der Waals surface area (Å²) in [6.45, 7) is 6.59. The van der Waals surface area contributed by atoms with Crippen LogP contribution in [-0.4, -0.2) is 36.8 Å². The van der Waals surface area contributed by atoms with E-state index in [0.717, 1.165) is 11.1 Å². The Bertz CT molecular complexity index is 906. The monoisotopic (exact) mass is 386 g/mol. The Hall–Kier alpha value is -2.18. The van der Waals surface area contributed by atoms with Crippen LogP contribution in [0.2, 0.25) is 0 Å². The minimum Gasteiger partial charge on any atom is -0.388 e. The standard InChI is InChI=1S/C21H26N2O3S/c1-15(2)23-14-13-19(20(24)17-7-5-4-6-8-17)21(23)22-27(25,26)18-11-9-16(3)10-12-18/h4-12,15,19-20,24H,13-14H2,1-3H3/b22-21-/t19-,20+/m1/s1. The number of hydrogen-bond acceptors (Lipinski definition) is 3. The van der Waals surface area contributed by atoms with Crippen molar-refractivity contribution < 1.29 is 13.5 Å². The van der Waals surface area contributed by atoms with Gasteiger partial charge in [0.1, 0.15) is 5.84 Å². The lowest BCUT2D eigenvalue weighted by Gasteiger charge is -2.26. The van der Waals surface area contributed by atoms with E-state index in [-0.39, 0.29) is 16.9 Å².